The lowest BCUT2D eigenvalue weighted by molar-refractivity contribution is 0.0522. The van der Waals surface area contributed by atoms with Crippen molar-refractivity contribution in [2.45, 2.75) is 52.7 Å². The molecule has 0 radical (unpaired) electrons. The number of hydrogen-bond acceptors (Lipinski definition) is 5. The second-order valence-electron chi connectivity index (χ2n) is 7.98. The molecule has 2 heterocycles. The molecule has 154 valence electrons. The molecule has 0 saturated heterocycles. The molecule has 0 aliphatic heterocycles. The zero-order valence-electron chi connectivity index (χ0n) is 17.6. The van der Waals surface area contributed by atoms with Crippen molar-refractivity contribution >= 4 is 6.09 Å². The van der Waals surface area contributed by atoms with Gasteiger partial charge in [0.1, 0.15) is 17.1 Å². The molecule has 3 aromatic rings. The molecule has 2 aromatic heterocycles. The SMILES string of the molecule is CCc1nccn1[C@H](CNC(=O)OC(C)(C)C)c1cc(-c2ccc(C)cc2)on1. The number of alkyl carbamates (subject to hydrolysis) is 1. The van der Waals surface area contributed by atoms with Gasteiger partial charge in [-0.2, -0.15) is 0 Å². The average molecular weight is 396 g/mol. The first kappa shape index (κ1) is 20.6. The topological polar surface area (TPSA) is 82.2 Å². The normalized spacial score (nSPS) is 12.6. The van der Waals surface area contributed by atoms with Crippen LogP contribution in [0.4, 0.5) is 4.79 Å². The second kappa shape index (κ2) is 8.51. The van der Waals surface area contributed by atoms with Crippen LogP contribution in [-0.2, 0) is 11.2 Å². The first-order valence-electron chi connectivity index (χ1n) is 9.79. The molecule has 0 unspecified atom stereocenters. The molecular formula is C22H28N4O3. The summed E-state index contributed by atoms with van der Waals surface area (Å²) >= 11 is 0. The van der Waals surface area contributed by atoms with Gasteiger partial charge in [-0.25, -0.2) is 9.78 Å². The molecule has 7 nitrogen and oxygen atoms in total. The summed E-state index contributed by atoms with van der Waals surface area (Å²) < 4.78 is 13.0. The minimum Gasteiger partial charge on any atom is -0.444 e. The van der Waals surface area contributed by atoms with Gasteiger partial charge in [0, 0.05) is 37.0 Å². The molecule has 0 bridgehead atoms. The van der Waals surface area contributed by atoms with Crippen molar-refractivity contribution < 1.29 is 14.1 Å². The fourth-order valence-electron chi connectivity index (χ4n) is 3.04. The van der Waals surface area contributed by atoms with Crippen LogP contribution in [0.5, 0.6) is 0 Å². The Morgan fingerprint density at radius 2 is 2.00 bits per heavy atom. The fraction of sp³-hybridized carbons (Fsp3) is 0.409. The van der Waals surface area contributed by atoms with Crippen LogP contribution in [0.25, 0.3) is 11.3 Å². The first-order chi connectivity index (χ1) is 13.8. The number of carbonyl (C=O) groups is 1. The molecule has 0 fully saturated rings. The number of imidazole rings is 1. The second-order valence-corrected chi connectivity index (χ2v) is 7.98. The van der Waals surface area contributed by atoms with E-state index in [1.165, 1.54) is 5.56 Å². The molecule has 3 rings (SSSR count). The van der Waals surface area contributed by atoms with Crippen LogP contribution in [0.3, 0.4) is 0 Å². The molecule has 1 aromatic carbocycles. The molecule has 29 heavy (non-hydrogen) atoms. The lowest BCUT2D eigenvalue weighted by Gasteiger charge is -2.22. The van der Waals surface area contributed by atoms with Crippen LogP contribution in [0.15, 0.2) is 47.2 Å². The molecule has 1 atom stereocenters. The van der Waals surface area contributed by atoms with Gasteiger partial charge in [0.25, 0.3) is 0 Å². The van der Waals surface area contributed by atoms with Crippen LogP contribution in [0, 0.1) is 6.92 Å². The van der Waals surface area contributed by atoms with Gasteiger partial charge < -0.3 is 19.1 Å². The van der Waals surface area contributed by atoms with Crippen LogP contribution in [0.1, 0.15) is 50.8 Å². The van der Waals surface area contributed by atoms with Gasteiger partial charge in [-0.15, -0.1) is 0 Å². The molecule has 1 N–H and O–H groups in total. The summed E-state index contributed by atoms with van der Waals surface area (Å²) in [5.41, 5.74) is 2.29. The quantitative estimate of drug-likeness (QED) is 0.662. The number of amides is 1. The molecule has 0 aliphatic rings. The van der Waals surface area contributed by atoms with Gasteiger partial charge >= 0.3 is 6.09 Å². The highest BCUT2D eigenvalue weighted by atomic mass is 16.6. The lowest BCUT2D eigenvalue weighted by Crippen LogP contribution is -2.36. The number of hydrogen-bond donors (Lipinski definition) is 1. The van der Waals surface area contributed by atoms with Crippen molar-refractivity contribution in [1.29, 1.82) is 0 Å². The monoisotopic (exact) mass is 396 g/mol. The van der Waals surface area contributed by atoms with Gasteiger partial charge in [0.05, 0.1) is 6.04 Å². The minimum atomic E-state index is -0.560. The van der Waals surface area contributed by atoms with E-state index in [-0.39, 0.29) is 6.04 Å². The largest absolute Gasteiger partial charge is 0.444 e. The van der Waals surface area contributed by atoms with Crippen molar-refractivity contribution in [2.24, 2.45) is 0 Å². The summed E-state index contributed by atoms with van der Waals surface area (Å²) in [4.78, 5) is 16.6. The predicted octanol–water partition coefficient (Wildman–Crippen LogP) is 4.52. The predicted molar refractivity (Wildman–Crippen MR) is 111 cm³/mol. The van der Waals surface area contributed by atoms with Gasteiger partial charge in [-0.1, -0.05) is 41.9 Å². The van der Waals surface area contributed by atoms with E-state index in [1.54, 1.807) is 6.20 Å². The van der Waals surface area contributed by atoms with E-state index in [4.69, 9.17) is 9.26 Å². The minimum absolute atomic E-state index is 0.261. The summed E-state index contributed by atoms with van der Waals surface area (Å²) in [6.07, 6.45) is 3.93. The Kier molecular flexibility index (Phi) is 6.06. The summed E-state index contributed by atoms with van der Waals surface area (Å²) in [7, 11) is 0. The third kappa shape index (κ3) is 5.25. The highest BCUT2D eigenvalue weighted by molar-refractivity contribution is 5.67. The van der Waals surface area contributed by atoms with Crippen LogP contribution in [0.2, 0.25) is 0 Å². The van der Waals surface area contributed by atoms with E-state index in [2.05, 4.69) is 15.5 Å². The maximum Gasteiger partial charge on any atom is 0.407 e. The number of carbonyl (C=O) groups excluding carboxylic acids is 1. The van der Waals surface area contributed by atoms with Crippen LogP contribution < -0.4 is 5.32 Å². The molecule has 0 spiro atoms. The van der Waals surface area contributed by atoms with Crippen molar-refractivity contribution in [3.63, 3.8) is 0 Å². The zero-order valence-corrected chi connectivity index (χ0v) is 17.6. The van der Waals surface area contributed by atoms with Crippen molar-refractivity contribution in [3.8, 4) is 11.3 Å². The molecule has 7 heteroatoms. The van der Waals surface area contributed by atoms with Crippen molar-refractivity contribution in [1.82, 2.24) is 20.0 Å². The number of rotatable bonds is 6. The zero-order chi connectivity index (χ0) is 21.0. The Bertz CT molecular complexity index is 951. The van der Waals surface area contributed by atoms with Crippen molar-refractivity contribution in [3.05, 3.63) is 59.8 Å². The van der Waals surface area contributed by atoms with Gasteiger partial charge in [0.15, 0.2) is 5.76 Å². The molecule has 0 saturated carbocycles. The number of nitrogens with one attached hydrogen (secondary N) is 1. The maximum atomic E-state index is 12.2. The van der Waals surface area contributed by atoms with E-state index in [9.17, 15) is 4.79 Å². The number of aromatic nitrogens is 3. The smallest absolute Gasteiger partial charge is 0.407 e. The molecular weight excluding hydrogens is 368 g/mol. The first-order valence-corrected chi connectivity index (χ1v) is 9.79. The third-order valence-corrected chi connectivity index (χ3v) is 4.45. The van der Waals surface area contributed by atoms with Crippen LogP contribution >= 0.6 is 0 Å². The Morgan fingerprint density at radius 1 is 1.28 bits per heavy atom. The maximum absolute atomic E-state index is 12.2. The lowest BCUT2D eigenvalue weighted by atomic mass is 10.1. The highest BCUT2D eigenvalue weighted by Gasteiger charge is 2.23. The van der Waals surface area contributed by atoms with E-state index < -0.39 is 11.7 Å². The van der Waals surface area contributed by atoms with E-state index in [1.807, 2.05) is 75.7 Å². The van der Waals surface area contributed by atoms with E-state index >= 15 is 0 Å². The Hall–Kier alpha value is -3.09. The number of aryl methyl sites for hydroxylation is 2. The summed E-state index contributed by atoms with van der Waals surface area (Å²) in [6.45, 7) is 9.89. The van der Waals surface area contributed by atoms with Crippen molar-refractivity contribution in [2.75, 3.05) is 6.54 Å². The van der Waals surface area contributed by atoms with Gasteiger partial charge in [-0.3, -0.25) is 0 Å². The van der Waals surface area contributed by atoms with Crippen LogP contribution in [-0.4, -0.2) is 32.9 Å². The molecule has 1 amide bonds. The average Bonchev–Trinajstić information content (AvgIpc) is 3.31. The van der Waals surface area contributed by atoms with Gasteiger partial charge in [0.2, 0.25) is 0 Å². The summed E-state index contributed by atoms with van der Waals surface area (Å²) in [5, 5.41) is 7.13. The Morgan fingerprint density at radius 3 is 2.66 bits per heavy atom. The standard InChI is InChI=1S/C22H28N4O3/c1-6-20-23-11-12-26(20)18(14-24-21(27)28-22(3,4)5)17-13-19(29-25-17)16-9-7-15(2)8-10-16/h7-13,18H,6,14H2,1-5H3,(H,24,27)/t18-/m1/s1. The Labute approximate surface area is 171 Å². The van der Waals surface area contributed by atoms with Gasteiger partial charge in [-0.05, 0) is 27.7 Å². The number of benzene rings is 1. The van der Waals surface area contributed by atoms with E-state index in [0.717, 1.165) is 17.8 Å². The number of ether oxygens (including phenoxy) is 1. The number of nitrogens with zero attached hydrogens (tertiary/aromatic N) is 3. The van der Waals surface area contributed by atoms with E-state index in [0.29, 0.717) is 18.0 Å². The third-order valence-electron chi connectivity index (χ3n) is 4.45. The highest BCUT2D eigenvalue weighted by Crippen LogP contribution is 2.26. The summed E-state index contributed by atoms with van der Waals surface area (Å²) in [6, 6.07) is 9.72. The fourth-order valence-corrected chi connectivity index (χ4v) is 3.04. The Balaban J connectivity index is 1.86. The molecule has 0 aliphatic carbocycles. The summed E-state index contributed by atoms with van der Waals surface area (Å²) in [5.74, 6) is 1.58.